The number of fused-ring (bicyclic) bond motifs is 13. The highest BCUT2D eigenvalue weighted by Gasteiger charge is 2.53. The topological polar surface area (TPSA) is 3.24 Å². The van der Waals surface area contributed by atoms with Crippen molar-refractivity contribution in [1.29, 1.82) is 0 Å². The predicted molar refractivity (Wildman–Crippen MR) is 269 cm³/mol. The molecular formula is C63H41N. The molecule has 0 unspecified atom stereocenters. The summed E-state index contributed by atoms with van der Waals surface area (Å²) in [5.41, 5.74) is 20.8. The predicted octanol–water partition coefficient (Wildman–Crippen LogP) is 16.8. The lowest BCUT2D eigenvalue weighted by Crippen LogP contribution is -2.26. The van der Waals surface area contributed by atoms with Crippen molar-refractivity contribution in [2.45, 2.75) is 5.41 Å². The molecule has 0 amide bonds. The lowest BCUT2D eigenvalue weighted by molar-refractivity contribution is 0.801. The highest BCUT2D eigenvalue weighted by molar-refractivity contribution is 6.16. The molecule has 1 nitrogen and oxygen atoms in total. The Morgan fingerprint density at radius 3 is 1.34 bits per heavy atom. The van der Waals surface area contributed by atoms with E-state index < -0.39 is 5.41 Å². The minimum absolute atomic E-state index is 0.485. The van der Waals surface area contributed by atoms with Crippen molar-refractivity contribution in [2.24, 2.45) is 0 Å². The minimum atomic E-state index is -0.485. The number of rotatable bonds is 6. The Bertz CT molecular complexity index is 3540. The molecule has 0 heterocycles. The molecule has 298 valence electrons. The summed E-state index contributed by atoms with van der Waals surface area (Å²) >= 11 is 0. The Labute approximate surface area is 373 Å². The van der Waals surface area contributed by atoms with E-state index in [2.05, 4.69) is 254 Å². The average Bonchev–Trinajstić information content (AvgIpc) is 3.85. The molecule has 13 rings (SSSR count). The average molecular weight is 812 g/mol. The van der Waals surface area contributed by atoms with Crippen LogP contribution in [-0.4, -0.2) is 0 Å². The molecule has 0 aliphatic heterocycles. The van der Waals surface area contributed by atoms with Crippen LogP contribution in [0.5, 0.6) is 0 Å². The summed E-state index contributed by atoms with van der Waals surface area (Å²) in [5.74, 6) is 0. The van der Waals surface area contributed by atoms with E-state index in [9.17, 15) is 0 Å². The van der Waals surface area contributed by atoms with Crippen LogP contribution in [0.1, 0.15) is 22.3 Å². The van der Waals surface area contributed by atoms with Gasteiger partial charge in [0.25, 0.3) is 0 Å². The van der Waals surface area contributed by atoms with Crippen LogP contribution in [0, 0.1) is 0 Å². The fourth-order valence-electron chi connectivity index (χ4n) is 11.2. The molecule has 1 spiro atoms. The van der Waals surface area contributed by atoms with Gasteiger partial charge in [0.2, 0.25) is 0 Å². The molecule has 0 bridgehead atoms. The van der Waals surface area contributed by atoms with Gasteiger partial charge in [0.05, 0.1) is 5.41 Å². The lowest BCUT2D eigenvalue weighted by atomic mass is 9.68. The van der Waals surface area contributed by atoms with E-state index in [1.54, 1.807) is 0 Å². The van der Waals surface area contributed by atoms with E-state index in [1.807, 2.05) is 0 Å². The highest BCUT2D eigenvalue weighted by atomic mass is 15.1. The molecule has 0 saturated carbocycles. The van der Waals surface area contributed by atoms with Crippen molar-refractivity contribution in [2.75, 3.05) is 4.90 Å². The van der Waals surface area contributed by atoms with Crippen molar-refractivity contribution < 1.29 is 0 Å². The van der Waals surface area contributed by atoms with E-state index in [1.165, 1.54) is 99.4 Å². The zero-order valence-electron chi connectivity index (χ0n) is 35.1. The molecule has 0 radical (unpaired) electrons. The molecule has 0 N–H and O–H groups in total. The first kappa shape index (κ1) is 36.4. The normalized spacial score (nSPS) is 12.8. The van der Waals surface area contributed by atoms with Crippen LogP contribution < -0.4 is 4.90 Å². The second kappa shape index (κ2) is 14.4. The standard InChI is InChI=1S/C63H41N/c1-3-17-42(18-4-1)44-31-36-48(37-32-44)64(50-40-33-43-19-7-8-22-47(43)41-50)49-38-34-46(35-39-49)60-59(45-20-5-2-6-21-45)53-25-9-10-26-54(53)62-61(60)55-27-13-16-30-58(55)63(62)56-28-14-11-23-51(56)52-24-12-15-29-57(52)63/h1-41H. The van der Waals surface area contributed by atoms with Gasteiger partial charge in [0.1, 0.15) is 0 Å². The summed E-state index contributed by atoms with van der Waals surface area (Å²) in [5, 5.41) is 4.99. The number of nitrogens with zero attached hydrogens (tertiary/aromatic N) is 1. The fraction of sp³-hybridized carbons (Fsp3) is 0.0159. The molecule has 0 saturated heterocycles. The van der Waals surface area contributed by atoms with Gasteiger partial charge >= 0.3 is 0 Å². The summed E-state index contributed by atoms with van der Waals surface area (Å²) in [6.45, 7) is 0. The van der Waals surface area contributed by atoms with Crippen molar-refractivity contribution in [1.82, 2.24) is 0 Å². The van der Waals surface area contributed by atoms with E-state index in [4.69, 9.17) is 0 Å². The SMILES string of the molecule is c1ccc(-c2ccc(N(c3ccc(-c4c5c(c6ccccc6c4-c4ccccc4)C4(c6ccccc6-c6ccccc64)c4ccccc4-5)cc3)c3ccc4ccccc4c3)cc2)cc1. The molecule has 2 aliphatic carbocycles. The van der Waals surface area contributed by atoms with Crippen molar-refractivity contribution in [3.63, 3.8) is 0 Å². The maximum atomic E-state index is 2.39. The van der Waals surface area contributed by atoms with Crippen LogP contribution in [0.4, 0.5) is 17.1 Å². The number of anilines is 3. The van der Waals surface area contributed by atoms with Crippen LogP contribution in [0.3, 0.4) is 0 Å². The van der Waals surface area contributed by atoms with Gasteiger partial charge in [-0.2, -0.15) is 0 Å². The lowest BCUT2D eigenvalue weighted by Gasteiger charge is -2.32. The third kappa shape index (κ3) is 5.31. The Morgan fingerprint density at radius 2 is 0.703 bits per heavy atom. The summed E-state index contributed by atoms with van der Waals surface area (Å²) < 4.78 is 0. The van der Waals surface area contributed by atoms with Crippen LogP contribution in [0.15, 0.2) is 249 Å². The summed E-state index contributed by atoms with van der Waals surface area (Å²) in [7, 11) is 0. The monoisotopic (exact) mass is 811 g/mol. The van der Waals surface area contributed by atoms with Crippen LogP contribution in [-0.2, 0) is 5.41 Å². The largest absolute Gasteiger partial charge is 0.310 e. The van der Waals surface area contributed by atoms with E-state index in [0.717, 1.165) is 17.1 Å². The van der Waals surface area contributed by atoms with Gasteiger partial charge in [-0.05, 0) is 136 Å². The van der Waals surface area contributed by atoms with Crippen molar-refractivity contribution in [3.05, 3.63) is 271 Å². The van der Waals surface area contributed by atoms with Crippen LogP contribution in [0.2, 0.25) is 0 Å². The fourth-order valence-corrected chi connectivity index (χ4v) is 11.2. The molecule has 0 atom stereocenters. The van der Waals surface area contributed by atoms with Gasteiger partial charge in [-0.1, -0.05) is 212 Å². The van der Waals surface area contributed by atoms with E-state index in [-0.39, 0.29) is 0 Å². The Morgan fingerprint density at radius 1 is 0.266 bits per heavy atom. The third-order valence-corrected chi connectivity index (χ3v) is 13.8. The summed E-state index contributed by atoms with van der Waals surface area (Å²) in [6, 6.07) is 92.0. The van der Waals surface area contributed by atoms with Gasteiger partial charge in [0.15, 0.2) is 0 Å². The Kier molecular flexibility index (Phi) is 8.20. The molecule has 11 aromatic rings. The Hall–Kier alpha value is -8.26. The molecule has 0 fully saturated rings. The number of hydrogen-bond acceptors (Lipinski definition) is 1. The molecular weight excluding hydrogens is 771 g/mol. The molecule has 64 heavy (non-hydrogen) atoms. The van der Waals surface area contributed by atoms with Gasteiger partial charge in [-0.15, -0.1) is 0 Å². The number of hydrogen-bond donors (Lipinski definition) is 0. The summed E-state index contributed by atoms with van der Waals surface area (Å²) in [4.78, 5) is 2.39. The van der Waals surface area contributed by atoms with Gasteiger partial charge in [0, 0.05) is 17.1 Å². The van der Waals surface area contributed by atoms with Crippen LogP contribution >= 0.6 is 0 Å². The quantitative estimate of drug-likeness (QED) is 0.162. The molecule has 11 aromatic carbocycles. The zero-order chi connectivity index (χ0) is 42.2. The smallest absolute Gasteiger partial charge is 0.0731 e. The van der Waals surface area contributed by atoms with Crippen LogP contribution in [0.25, 0.3) is 77.2 Å². The first-order valence-corrected chi connectivity index (χ1v) is 22.3. The van der Waals surface area contributed by atoms with Crippen molar-refractivity contribution >= 4 is 38.6 Å². The third-order valence-electron chi connectivity index (χ3n) is 13.8. The second-order valence-electron chi connectivity index (χ2n) is 17.1. The van der Waals surface area contributed by atoms with Gasteiger partial charge in [-0.25, -0.2) is 0 Å². The first-order chi connectivity index (χ1) is 31.8. The minimum Gasteiger partial charge on any atom is -0.310 e. The van der Waals surface area contributed by atoms with Crippen molar-refractivity contribution in [3.8, 4) is 55.6 Å². The highest BCUT2D eigenvalue weighted by Crippen LogP contribution is 2.66. The first-order valence-electron chi connectivity index (χ1n) is 22.3. The molecule has 2 aliphatic rings. The molecule has 0 aromatic heterocycles. The van der Waals surface area contributed by atoms with E-state index >= 15 is 0 Å². The molecule has 1 heteroatoms. The number of benzene rings is 11. The van der Waals surface area contributed by atoms with E-state index in [0.29, 0.717) is 0 Å². The maximum Gasteiger partial charge on any atom is 0.0731 e. The summed E-state index contributed by atoms with van der Waals surface area (Å²) in [6.07, 6.45) is 0. The Balaban J connectivity index is 1.07. The van der Waals surface area contributed by atoms with Gasteiger partial charge < -0.3 is 4.90 Å². The second-order valence-corrected chi connectivity index (χ2v) is 17.1. The van der Waals surface area contributed by atoms with Gasteiger partial charge in [-0.3, -0.25) is 0 Å². The maximum absolute atomic E-state index is 2.39. The zero-order valence-corrected chi connectivity index (χ0v) is 35.1.